The van der Waals surface area contributed by atoms with Crippen LogP contribution in [0.2, 0.25) is 0 Å². The summed E-state index contributed by atoms with van der Waals surface area (Å²) >= 11 is 0. The molecule has 0 fully saturated rings. The van der Waals surface area contributed by atoms with Crippen LogP contribution in [0.1, 0.15) is 11.3 Å². The Morgan fingerprint density at radius 1 is 1.07 bits per heavy atom. The van der Waals surface area contributed by atoms with Gasteiger partial charge in [-0.15, -0.1) is 0 Å². The van der Waals surface area contributed by atoms with Crippen molar-refractivity contribution in [1.82, 2.24) is 9.97 Å². The van der Waals surface area contributed by atoms with Gasteiger partial charge in [0.15, 0.2) is 0 Å². The Labute approximate surface area is 82.1 Å². The van der Waals surface area contributed by atoms with Gasteiger partial charge < -0.3 is 5.11 Å². The van der Waals surface area contributed by atoms with Crippen LogP contribution in [0, 0.1) is 0 Å². The summed E-state index contributed by atoms with van der Waals surface area (Å²) in [5.74, 6) is 0.240. The first-order valence-electron chi connectivity index (χ1n) is 4.38. The fourth-order valence-electron chi connectivity index (χ4n) is 1.26. The summed E-state index contributed by atoms with van der Waals surface area (Å²) in [4.78, 5) is 8.03. The van der Waals surface area contributed by atoms with Crippen LogP contribution < -0.4 is 0 Å². The Balaban J connectivity index is 2.24. The van der Waals surface area contributed by atoms with Crippen molar-refractivity contribution < 1.29 is 5.11 Å². The van der Waals surface area contributed by atoms with Crippen LogP contribution in [-0.4, -0.2) is 15.1 Å². The molecule has 0 aliphatic heterocycles. The smallest absolute Gasteiger partial charge is 0.137 e. The van der Waals surface area contributed by atoms with Crippen LogP contribution in [0.4, 0.5) is 0 Å². The van der Waals surface area contributed by atoms with Crippen molar-refractivity contribution in [2.24, 2.45) is 0 Å². The molecule has 0 aromatic carbocycles. The van der Waals surface area contributed by atoms with Gasteiger partial charge in [0, 0.05) is 25.0 Å². The van der Waals surface area contributed by atoms with Crippen molar-refractivity contribution in [1.29, 1.82) is 0 Å². The van der Waals surface area contributed by atoms with E-state index in [0.29, 0.717) is 12.1 Å². The molecule has 0 aliphatic carbocycles. The van der Waals surface area contributed by atoms with Crippen molar-refractivity contribution >= 4 is 0 Å². The van der Waals surface area contributed by atoms with Gasteiger partial charge in [0.1, 0.15) is 5.75 Å². The summed E-state index contributed by atoms with van der Waals surface area (Å²) in [6.07, 6.45) is 5.77. The minimum Gasteiger partial charge on any atom is -0.506 e. The minimum absolute atomic E-state index is 0.240. The first-order valence-corrected chi connectivity index (χ1v) is 4.38. The highest BCUT2D eigenvalue weighted by Gasteiger charge is 2.01. The maximum Gasteiger partial charge on any atom is 0.137 e. The second-order valence-electron chi connectivity index (χ2n) is 3.00. The molecular formula is C11H10N2O. The van der Waals surface area contributed by atoms with Gasteiger partial charge in [-0.2, -0.15) is 0 Å². The van der Waals surface area contributed by atoms with Crippen molar-refractivity contribution in [2.45, 2.75) is 6.42 Å². The molecule has 2 aromatic rings. The standard InChI is InChI=1S/C11H10N2O/c14-11-2-1-5-13-10(11)8-9-3-6-12-7-4-9/h1-7,14H,8H2. The molecule has 0 saturated heterocycles. The monoisotopic (exact) mass is 186 g/mol. The Hall–Kier alpha value is -1.90. The van der Waals surface area contributed by atoms with E-state index in [1.54, 1.807) is 30.7 Å². The Bertz CT molecular complexity index is 415. The van der Waals surface area contributed by atoms with E-state index in [1.165, 1.54) is 0 Å². The number of hydrogen-bond donors (Lipinski definition) is 1. The number of aromatic nitrogens is 2. The van der Waals surface area contributed by atoms with Crippen LogP contribution in [0.15, 0.2) is 42.9 Å². The van der Waals surface area contributed by atoms with E-state index in [9.17, 15) is 5.11 Å². The van der Waals surface area contributed by atoms with Gasteiger partial charge >= 0.3 is 0 Å². The van der Waals surface area contributed by atoms with Crippen LogP contribution in [-0.2, 0) is 6.42 Å². The molecule has 70 valence electrons. The third-order valence-electron chi connectivity index (χ3n) is 1.99. The molecular weight excluding hydrogens is 176 g/mol. The average molecular weight is 186 g/mol. The van der Waals surface area contributed by atoms with E-state index >= 15 is 0 Å². The summed E-state index contributed by atoms with van der Waals surface area (Å²) in [6.45, 7) is 0. The van der Waals surface area contributed by atoms with Crippen LogP contribution in [0.25, 0.3) is 0 Å². The van der Waals surface area contributed by atoms with Gasteiger partial charge in [-0.1, -0.05) is 0 Å². The molecule has 1 N–H and O–H groups in total. The molecule has 0 atom stereocenters. The van der Waals surface area contributed by atoms with E-state index < -0.39 is 0 Å². The van der Waals surface area contributed by atoms with E-state index in [1.807, 2.05) is 12.1 Å². The topological polar surface area (TPSA) is 46.0 Å². The lowest BCUT2D eigenvalue weighted by Crippen LogP contribution is -1.92. The predicted octanol–water partition coefficient (Wildman–Crippen LogP) is 1.77. The second-order valence-corrected chi connectivity index (χ2v) is 3.00. The molecule has 0 unspecified atom stereocenters. The molecule has 2 rings (SSSR count). The Morgan fingerprint density at radius 3 is 2.57 bits per heavy atom. The van der Waals surface area contributed by atoms with Gasteiger partial charge in [0.25, 0.3) is 0 Å². The lowest BCUT2D eigenvalue weighted by atomic mass is 10.1. The first-order chi connectivity index (χ1) is 6.86. The molecule has 3 heteroatoms. The maximum atomic E-state index is 9.49. The third-order valence-corrected chi connectivity index (χ3v) is 1.99. The number of hydrogen-bond acceptors (Lipinski definition) is 3. The fraction of sp³-hybridized carbons (Fsp3) is 0.0909. The fourth-order valence-corrected chi connectivity index (χ4v) is 1.26. The molecule has 2 aromatic heterocycles. The van der Waals surface area contributed by atoms with Gasteiger partial charge in [-0.25, -0.2) is 0 Å². The van der Waals surface area contributed by atoms with Gasteiger partial charge in [-0.3, -0.25) is 9.97 Å². The van der Waals surface area contributed by atoms with Gasteiger partial charge in [0.2, 0.25) is 0 Å². The third kappa shape index (κ3) is 1.88. The Morgan fingerprint density at radius 2 is 1.86 bits per heavy atom. The molecule has 0 bridgehead atoms. The van der Waals surface area contributed by atoms with Crippen LogP contribution >= 0.6 is 0 Å². The molecule has 0 radical (unpaired) electrons. The summed E-state index contributed by atoms with van der Waals surface area (Å²) in [6, 6.07) is 7.18. The molecule has 0 spiro atoms. The number of rotatable bonds is 2. The summed E-state index contributed by atoms with van der Waals surface area (Å²) in [5.41, 5.74) is 1.78. The van der Waals surface area contributed by atoms with Gasteiger partial charge in [0.05, 0.1) is 5.69 Å². The molecule has 0 amide bonds. The van der Waals surface area contributed by atoms with E-state index in [0.717, 1.165) is 5.56 Å². The number of pyridine rings is 2. The van der Waals surface area contributed by atoms with Gasteiger partial charge in [-0.05, 0) is 29.8 Å². The quantitative estimate of drug-likeness (QED) is 0.777. The summed E-state index contributed by atoms with van der Waals surface area (Å²) in [5, 5.41) is 9.49. The van der Waals surface area contributed by atoms with Crippen LogP contribution in [0.3, 0.4) is 0 Å². The van der Waals surface area contributed by atoms with Crippen LogP contribution in [0.5, 0.6) is 5.75 Å². The first kappa shape index (κ1) is 8.69. The highest BCUT2D eigenvalue weighted by Crippen LogP contribution is 2.16. The maximum absolute atomic E-state index is 9.49. The van der Waals surface area contributed by atoms with Crippen molar-refractivity contribution in [3.63, 3.8) is 0 Å². The number of nitrogens with zero attached hydrogens (tertiary/aromatic N) is 2. The van der Waals surface area contributed by atoms with Crippen molar-refractivity contribution in [3.8, 4) is 5.75 Å². The highest BCUT2D eigenvalue weighted by molar-refractivity contribution is 5.30. The van der Waals surface area contributed by atoms with Crippen molar-refractivity contribution in [3.05, 3.63) is 54.1 Å². The largest absolute Gasteiger partial charge is 0.506 e. The predicted molar refractivity (Wildman–Crippen MR) is 52.9 cm³/mol. The molecule has 2 heterocycles. The Kier molecular flexibility index (Phi) is 2.40. The normalized spacial score (nSPS) is 10.0. The summed E-state index contributed by atoms with van der Waals surface area (Å²) < 4.78 is 0. The van der Waals surface area contributed by atoms with E-state index in [-0.39, 0.29) is 5.75 Å². The average Bonchev–Trinajstić information content (AvgIpc) is 2.23. The van der Waals surface area contributed by atoms with E-state index in [4.69, 9.17) is 0 Å². The molecule has 14 heavy (non-hydrogen) atoms. The molecule has 0 aliphatic rings. The number of aromatic hydroxyl groups is 1. The minimum atomic E-state index is 0.240. The van der Waals surface area contributed by atoms with Crippen molar-refractivity contribution in [2.75, 3.05) is 0 Å². The lowest BCUT2D eigenvalue weighted by Gasteiger charge is -2.02. The highest BCUT2D eigenvalue weighted by atomic mass is 16.3. The second kappa shape index (κ2) is 3.87. The molecule has 3 nitrogen and oxygen atoms in total. The SMILES string of the molecule is Oc1cccnc1Cc1ccncc1. The summed E-state index contributed by atoms with van der Waals surface area (Å²) in [7, 11) is 0. The zero-order valence-electron chi connectivity index (χ0n) is 7.59. The molecule has 0 saturated carbocycles. The zero-order chi connectivity index (χ0) is 9.80. The lowest BCUT2D eigenvalue weighted by molar-refractivity contribution is 0.465. The van der Waals surface area contributed by atoms with E-state index in [2.05, 4.69) is 9.97 Å². The zero-order valence-corrected chi connectivity index (χ0v) is 7.59.